The van der Waals surface area contributed by atoms with E-state index in [1.54, 1.807) is 42.6 Å². The predicted octanol–water partition coefficient (Wildman–Crippen LogP) is 5.50. The van der Waals surface area contributed by atoms with Crippen LogP contribution in [0.5, 0.6) is 11.5 Å². The third-order valence-electron chi connectivity index (χ3n) is 5.81. The van der Waals surface area contributed by atoms with Crippen molar-refractivity contribution in [2.45, 2.75) is 19.9 Å². The first kappa shape index (κ1) is 27.7. The first-order valence-corrected chi connectivity index (χ1v) is 12.7. The van der Waals surface area contributed by atoms with E-state index >= 15 is 0 Å². The van der Waals surface area contributed by atoms with Crippen LogP contribution in [0, 0.1) is 12.7 Å². The lowest BCUT2D eigenvalue weighted by molar-refractivity contribution is -0.132. The van der Waals surface area contributed by atoms with Gasteiger partial charge in [-0.15, -0.1) is 17.9 Å². The Morgan fingerprint density at radius 1 is 1.08 bits per heavy atom. The predicted molar refractivity (Wildman–Crippen MR) is 145 cm³/mol. The molecule has 0 saturated heterocycles. The fourth-order valence-electron chi connectivity index (χ4n) is 3.74. The lowest BCUT2D eigenvalue weighted by Gasteiger charge is -2.27. The van der Waals surface area contributed by atoms with Crippen LogP contribution in [0.15, 0.2) is 66.6 Å². The smallest absolute Gasteiger partial charge is 0.322 e. The Hall–Kier alpha value is -3.85. The number of nitrogens with zero attached hydrogens (tertiary/aromatic N) is 2. The van der Waals surface area contributed by atoms with Crippen LogP contribution in [-0.2, 0) is 17.8 Å². The van der Waals surface area contributed by atoms with Gasteiger partial charge in [0.05, 0.1) is 20.8 Å². The molecule has 196 valence electrons. The fraction of sp³-hybridized carbons (Fsp3) is 0.286. The molecule has 7 nitrogen and oxygen atoms in total. The van der Waals surface area contributed by atoms with E-state index in [1.165, 1.54) is 23.1 Å². The molecule has 0 spiro atoms. The molecule has 0 radical (unpaired) electrons. The number of anilines is 1. The van der Waals surface area contributed by atoms with Gasteiger partial charge in [0.2, 0.25) is 5.91 Å². The maximum atomic E-state index is 13.6. The Morgan fingerprint density at radius 2 is 1.86 bits per heavy atom. The average Bonchev–Trinajstić information content (AvgIpc) is 3.29. The summed E-state index contributed by atoms with van der Waals surface area (Å²) in [4.78, 5) is 30.6. The molecular weight excluding hydrogens is 493 g/mol. The molecule has 9 heteroatoms. The Bertz CT molecular complexity index is 1230. The summed E-state index contributed by atoms with van der Waals surface area (Å²) in [5.74, 6) is 0.595. The highest BCUT2D eigenvalue weighted by atomic mass is 32.1. The van der Waals surface area contributed by atoms with Gasteiger partial charge >= 0.3 is 6.03 Å². The highest BCUT2D eigenvalue weighted by Crippen LogP contribution is 2.28. The number of rotatable bonds is 12. The fourth-order valence-corrected chi connectivity index (χ4v) is 4.66. The van der Waals surface area contributed by atoms with E-state index < -0.39 is 11.8 Å². The Labute approximate surface area is 221 Å². The Morgan fingerprint density at radius 3 is 2.51 bits per heavy atom. The molecule has 0 aliphatic rings. The zero-order chi connectivity index (χ0) is 26.8. The number of carbonyl (C=O) groups is 2. The molecule has 3 amide bonds. The van der Waals surface area contributed by atoms with Gasteiger partial charge in [-0.1, -0.05) is 18.2 Å². The SMILES string of the molecule is C=CCN(CC(=O)N(CCc1ccc(OC)c(OC)c1)Cc1sccc1C)C(=O)Nc1cccc(F)c1. The van der Waals surface area contributed by atoms with Crippen LogP contribution in [0.1, 0.15) is 16.0 Å². The number of hydrogen-bond acceptors (Lipinski definition) is 5. The number of thiophene rings is 1. The molecule has 1 heterocycles. The van der Waals surface area contributed by atoms with Gasteiger partial charge in [0.1, 0.15) is 12.4 Å². The Kier molecular flexibility index (Phi) is 10.1. The molecule has 0 saturated carbocycles. The van der Waals surface area contributed by atoms with Gasteiger partial charge in [0.25, 0.3) is 0 Å². The second-order valence-electron chi connectivity index (χ2n) is 8.39. The number of halogens is 1. The molecule has 1 N–H and O–H groups in total. The van der Waals surface area contributed by atoms with Crippen molar-refractivity contribution in [3.8, 4) is 11.5 Å². The maximum absolute atomic E-state index is 13.6. The highest BCUT2D eigenvalue weighted by molar-refractivity contribution is 7.10. The van der Waals surface area contributed by atoms with Crippen LogP contribution in [-0.4, -0.2) is 55.6 Å². The summed E-state index contributed by atoms with van der Waals surface area (Å²) >= 11 is 1.59. The number of aryl methyl sites for hydroxylation is 1. The number of nitrogens with one attached hydrogen (secondary N) is 1. The zero-order valence-corrected chi connectivity index (χ0v) is 22.1. The minimum Gasteiger partial charge on any atom is -0.493 e. The third-order valence-corrected chi connectivity index (χ3v) is 6.82. The minimum atomic E-state index is -0.508. The number of benzene rings is 2. The van der Waals surface area contributed by atoms with Crippen LogP contribution >= 0.6 is 11.3 Å². The average molecular weight is 526 g/mol. The number of amides is 3. The van der Waals surface area contributed by atoms with Gasteiger partial charge in [-0.05, 0) is 66.2 Å². The van der Waals surface area contributed by atoms with E-state index in [1.807, 2.05) is 36.6 Å². The van der Waals surface area contributed by atoms with Crippen LogP contribution in [0.2, 0.25) is 0 Å². The second-order valence-corrected chi connectivity index (χ2v) is 9.39. The molecule has 3 rings (SSSR count). The molecule has 0 bridgehead atoms. The van der Waals surface area contributed by atoms with E-state index in [2.05, 4.69) is 11.9 Å². The van der Waals surface area contributed by atoms with Crippen LogP contribution in [0.4, 0.5) is 14.9 Å². The maximum Gasteiger partial charge on any atom is 0.322 e. The van der Waals surface area contributed by atoms with Crippen molar-refractivity contribution >= 4 is 29.0 Å². The third kappa shape index (κ3) is 7.82. The number of ether oxygens (including phenoxy) is 2. The van der Waals surface area contributed by atoms with Crippen LogP contribution < -0.4 is 14.8 Å². The number of urea groups is 1. The summed E-state index contributed by atoms with van der Waals surface area (Å²) in [6, 6.07) is 12.8. The molecule has 0 atom stereocenters. The van der Waals surface area contributed by atoms with Gasteiger partial charge in [0, 0.05) is 23.7 Å². The summed E-state index contributed by atoms with van der Waals surface area (Å²) in [6.45, 7) is 6.61. The molecular formula is C28H32FN3O4S. The number of hydrogen-bond donors (Lipinski definition) is 1. The summed E-state index contributed by atoms with van der Waals surface area (Å²) < 4.78 is 24.3. The molecule has 1 aromatic heterocycles. The molecule has 0 aliphatic heterocycles. The first-order valence-electron chi connectivity index (χ1n) is 11.8. The largest absolute Gasteiger partial charge is 0.493 e. The molecule has 0 unspecified atom stereocenters. The van der Waals surface area contributed by atoms with Crippen molar-refractivity contribution in [2.24, 2.45) is 0 Å². The van der Waals surface area contributed by atoms with Gasteiger partial charge in [-0.25, -0.2) is 9.18 Å². The number of methoxy groups -OCH3 is 2. The Balaban J connectivity index is 1.75. The van der Waals surface area contributed by atoms with Crippen molar-refractivity contribution in [3.63, 3.8) is 0 Å². The lowest BCUT2D eigenvalue weighted by Crippen LogP contribution is -2.44. The van der Waals surface area contributed by atoms with Gasteiger partial charge in [-0.3, -0.25) is 4.79 Å². The number of carbonyl (C=O) groups excluding carboxylic acids is 2. The van der Waals surface area contributed by atoms with Gasteiger partial charge < -0.3 is 24.6 Å². The van der Waals surface area contributed by atoms with E-state index in [-0.39, 0.29) is 19.0 Å². The molecule has 37 heavy (non-hydrogen) atoms. The van der Waals surface area contributed by atoms with E-state index in [9.17, 15) is 14.0 Å². The van der Waals surface area contributed by atoms with E-state index in [0.29, 0.717) is 36.7 Å². The van der Waals surface area contributed by atoms with Crippen molar-refractivity contribution in [2.75, 3.05) is 39.2 Å². The standard InChI is InChI=1S/C28H32FN3O4S/c1-5-13-32(28(34)30-23-8-6-7-22(29)17-23)19-27(33)31(18-26-20(2)12-15-37-26)14-11-21-9-10-24(35-3)25(16-21)36-4/h5-10,12,15-17H,1,11,13-14,18-19H2,2-4H3,(H,30,34). The van der Waals surface area contributed by atoms with Gasteiger partial charge in [-0.2, -0.15) is 0 Å². The van der Waals surface area contributed by atoms with Gasteiger partial charge in [0.15, 0.2) is 11.5 Å². The van der Waals surface area contributed by atoms with E-state index in [4.69, 9.17) is 9.47 Å². The highest BCUT2D eigenvalue weighted by Gasteiger charge is 2.22. The quantitative estimate of drug-likeness (QED) is 0.317. The van der Waals surface area contributed by atoms with Crippen molar-refractivity contribution in [1.82, 2.24) is 9.80 Å². The van der Waals surface area contributed by atoms with Crippen molar-refractivity contribution in [1.29, 1.82) is 0 Å². The first-order chi connectivity index (χ1) is 17.8. The summed E-state index contributed by atoms with van der Waals surface area (Å²) in [5.41, 5.74) is 2.41. The topological polar surface area (TPSA) is 71.1 Å². The molecule has 0 aliphatic carbocycles. The van der Waals surface area contributed by atoms with Crippen LogP contribution in [0.3, 0.4) is 0 Å². The summed E-state index contributed by atoms with van der Waals surface area (Å²) in [5, 5.41) is 4.65. The minimum absolute atomic E-state index is 0.149. The zero-order valence-electron chi connectivity index (χ0n) is 21.3. The molecule has 2 aromatic carbocycles. The monoisotopic (exact) mass is 525 g/mol. The molecule has 3 aromatic rings. The van der Waals surface area contributed by atoms with Crippen LogP contribution in [0.25, 0.3) is 0 Å². The molecule has 0 fully saturated rings. The van der Waals surface area contributed by atoms with Crippen molar-refractivity contribution in [3.05, 3.63) is 88.4 Å². The lowest BCUT2D eigenvalue weighted by atomic mass is 10.1. The van der Waals surface area contributed by atoms with Crippen molar-refractivity contribution < 1.29 is 23.5 Å². The summed E-state index contributed by atoms with van der Waals surface area (Å²) in [7, 11) is 3.17. The summed E-state index contributed by atoms with van der Waals surface area (Å²) in [6.07, 6.45) is 2.14. The normalized spacial score (nSPS) is 10.5. The second kappa shape index (κ2) is 13.5. The van der Waals surface area contributed by atoms with E-state index in [0.717, 1.165) is 16.0 Å².